The van der Waals surface area contributed by atoms with Gasteiger partial charge >= 0.3 is 0 Å². The molecule has 2 heterocycles. The molecular formula is C13H10ClN3S. The summed E-state index contributed by atoms with van der Waals surface area (Å²) in [4.78, 5) is 8.77. The summed E-state index contributed by atoms with van der Waals surface area (Å²) in [6.07, 6.45) is 1.76. The molecule has 0 aliphatic heterocycles. The Morgan fingerprint density at radius 2 is 2.11 bits per heavy atom. The SMILES string of the molecule is NCc1cc(-c2nc3ccc(Cl)cc3s2)ccn1. The second-order valence-corrected chi connectivity index (χ2v) is 5.34. The first-order chi connectivity index (χ1) is 8.76. The summed E-state index contributed by atoms with van der Waals surface area (Å²) in [5.74, 6) is 0. The van der Waals surface area contributed by atoms with Crippen molar-refractivity contribution in [2.75, 3.05) is 0 Å². The predicted octanol–water partition coefficient (Wildman–Crippen LogP) is 3.47. The lowest BCUT2D eigenvalue weighted by molar-refractivity contribution is 0.991. The van der Waals surface area contributed by atoms with Gasteiger partial charge < -0.3 is 5.73 Å². The van der Waals surface area contributed by atoms with Crippen molar-refractivity contribution in [2.45, 2.75) is 6.54 Å². The highest BCUT2D eigenvalue weighted by Gasteiger charge is 2.07. The van der Waals surface area contributed by atoms with Crippen molar-refractivity contribution < 1.29 is 0 Å². The van der Waals surface area contributed by atoms with Crippen LogP contribution in [0.15, 0.2) is 36.5 Å². The maximum atomic E-state index is 5.97. The summed E-state index contributed by atoms with van der Waals surface area (Å²) in [6, 6.07) is 9.63. The van der Waals surface area contributed by atoms with Crippen LogP contribution in [0.4, 0.5) is 0 Å². The molecule has 3 rings (SSSR count). The molecule has 3 nitrogen and oxygen atoms in total. The van der Waals surface area contributed by atoms with Crippen LogP contribution in [-0.4, -0.2) is 9.97 Å². The maximum absolute atomic E-state index is 5.97. The van der Waals surface area contributed by atoms with Crippen LogP contribution < -0.4 is 5.73 Å². The van der Waals surface area contributed by atoms with Crippen LogP contribution in [0.2, 0.25) is 5.02 Å². The molecule has 0 aliphatic carbocycles. The highest BCUT2D eigenvalue weighted by molar-refractivity contribution is 7.21. The third-order valence-electron chi connectivity index (χ3n) is 2.62. The molecule has 3 aromatic rings. The topological polar surface area (TPSA) is 51.8 Å². The van der Waals surface area contributed by atoms with Crippen LogP contribution in [0.25, 0.3) is 20.8 Å². The van der Waals surface area contributed by atoms with Gasteiger partial charge in [0.1, 0.15) is 5.01 Å². The molecule has 0 fully saturated rings. The lowest BCUT2D eigenvalue weighted by atomic mass is 10.2. The smallest absolute Gasteiger partial charge is 0.124 e. The molecule has 90 valence electrons. The lowest BCUT2D eigenvalue weighted by Crippen LogP contribution is -1.98. The van der Waals surface area contributed by atoms with E-state index in [-0.39, 0.29) is 0 Å². The first-order valence-electron chi connectivity index (χ1n) is 5.48. The number of hydrogen-bond acceptors (Lipinski definition) is 4. The molecule has 0 amide bonds. The monoisotopic (exact) mass is 275 g/mol. The zero-order valence-corrected chi connectivity index (χ0v) is 11.0. The Morgan fingerprint density at radius 3 is 2.94 bits per heavy atom. The molecule has 18 heavy (non-hydrogen) atoms. The fraction of sp³-hybridized carbons (Fsp3) is 0.0769. The number of rotatable bonds is 2. The number of halogens is 1. The van der Waals surface area contributed by atoms with Gasteiger partial charge in [0.2, 0.25) is 0 Å². The van der Waals surface area contributed by atoms with Crippen molar-refractivity contribution in [2.24, 2.45) is 5.73 Å². The number of fused-ring (bicyclic) bond motifs is 1. The average Bonchev–Trinajstić information content (AvgIpc) is 2.81. The van der Waals surface area contributed by atoms with Crippen LogP contribution in [-0.2, 0) is 6.54 Å². The van der Waals surface area contributed by atoms with E-state index in [4.69, 9.17) is 17.3 Å². The number of benzene rings is 1. The van der Waals surface area contributed by atoms with Gasteiger partial charge in [0.25, 0.3) is 0 Å². The standard InChI is InChI=1S/C13H10ClN3S/c14-9-1-2-11-12(6-9)18-13(17-11)8-3-4-16-10(5-8)7-15/h1-6H,7,15H2. The molecule has 5 heteroatoms. The summed E-state index contributed by atoms with van der Waals surface area (Å²) in [5.41, 5.74) is 8.47. The molecule has 1 aromatic carbocycles. The molecule has 0 saturated carbocycles. The van der Waals surface area contributed by atoms with Gasteiger partial charge in [-0.15, -0.1) is 11.3 Å². The quantitative estimate of drug-likeness (QED) is 0.779. The zero-order chi connectivity index (χ0) is 12.5. The van der Waals surface area contributed by atoms with Crippen molar-refractivity contribution in [3.8, 4) is 10.6 Å². The Balaban J connectivity index is 2.13. The molecule has 0 spiro atoms. The predicted molar refractivity (Wildman–Crippen MR) is 75.8 cm³/mol. The zero-order valence-electron chi connectivity index (χ0n) is 9.43. The second-order valence-electron chi connectivity index (χ2n) is 3.87. The minimum atomic E-state index is 0.435. The number of aromatic nitrogens is 2. The van der Waals surface area contributed by atoms with Gasteiger partial charge in [0, 0.05) is 23.3 Å². The van der Waals surface area contributed by atoms with Gasteiger partial charge in [0.15, 0.2) is 0 Å². The molecule has 0 bridgehead atoms. The Bertz CT molecular complexity index is 708. The molecule has 0 saturated heterocycles. The number of hydrogen-bond donors (Lipinski definition) is 1. The minimum Gasteiger partial charge on any atom is -0.325 e. The third-order valence-corrected chi connectivity index (χ3v) is 3.93. The first kappa shape index (κ1) is 11.6. The highest BCUT2D eigenvalue weighted by Crippen LogP contribution is 2.31. The lowest BCUT2D eigenvalue weighted by Gasteiger charge is -1.98. The van der Waals surface area contributed by atoms with E-state index in [0.29, 0.717) is 6.54 Å². The van der Waals surface area contributed by atoms with Gasteiger partial charge in [-0.05, 0) is 30.3 Å². The van der Waals surface area contributed by atoms with Gasteiger partial charge in [-0.25, -0.2) is 4.98 Å². The summed E-state index contributed by atoms with van der Waals surface area (Å²) in [7, 11) is 0. The highest BCUT2D eigenvalue weighted by atomic mass is 35.5. The molecule has 0 aliphatic rings. The van der Waals surface area contributed by atoms with E-state index in [9.17, 15) is 0 Å². The minimum absolute atomic E-state index is 0.435. The average molecular weight is 276 g/mol. The number of thiazole rings is 1. The molecule has 2 aromatic heterocycles. The normalized spacial score (nSPS) is 11.0. The fourth-order valence-electron chi connectivity index (χ4n) is 1.74. The molecular weight excluding hydrogens is 266 g/mol. The largest absolute Gasteiger partial charge is 0.325 e. The van der Waals surface area contributed by atoms with Crippen LogP contribution in [0, 0.1) is 0 Å². The van der Waals surface area contributed by atoms with Crippen LogP contribution in [0.5, 0.6) is 0 Å². The molecule has 0 radical (unpaired) electrons. The number of pyridine rings is 1. The van der Waals surface area contributed by atoms with Gasteiger partial charge in [-0.3, -0.25) is 4.98 Å². The van der Waals surface area contributed by atoms with E-state index in [2.05, 4.69) is 9.97 Å². The molecule has 0 atom stereocenters. The van der Waals surface area contributed by atoms with Crippen molar-refractivity contribution in [3.63, 3.8) is 0 Å². The first-order valence-corrected chi connectivity index (χ1v) is 6.67. The van der Waals surface area contributed by atoms with Crippen LogP contribution in [0.1, 0.15) is 5.69 Å². The number of nitrogens with two attached hydrogens (primary N) is 1. The summed E-state index contributed by atoms with van der Waals surface area (Å²) >= 11 is 7.59. The number of nitrogens with zero attached hydrogens (tertiary/aromatic N) is 2. The third kappa shape index (κ3) is 2.10. The summed E-state index contributed by atoms with van der Waals surface area (Å²) < 4.78 is 1.09. The van der Waals surface area contributed by atoms with Gasteiger partial charge in [-0.2, -0.15) is 0 Å². The van der Waals surface area contributed by atoms with Crippen molar-refractivity contribution >= 4 is 33.2 Å². The van der Waals surface area contributed by atoms with E-state index in [1.165, 1.54) is 0 Å². The Kier molecular flexibility index (Phi) is 2.99. The Hall–Kier alpha value is -1.49. The molecule has 2 N–H and O–H groups in total. The van der Waals surface area contributed by atoms with E-state index < -0.39 is 0 Å². The summed E-state index contributed by atoms with van der Waals surface area (Å²) in [5, 5.41) is 1.69. The van der Waals surface area contributed by atoms with E-state index in [1.54, 1.807) is 17.5 Å². The fourth-order valence-corrected chi connectivity index (χ4v) is 2.98. The van der Waals surface area contributed by atoms with E-state index in [0.717, 1.165) is 31.5 Å². The maximum Gasteiger partial charge on any atom is 0.124 e. The molecule has 0 unspecified atom stereocenters. The van der Waals surface area contributed by atoms with Crippen LogP contribution in [0.3, 0.4) is 0 Å². The Labute approximate surface area is 113 Å². The van der Waals surface area contributed by atoms with Gasteiger partial charge in [-0.1, -0.05) is 11.6 Å². The second kappa shape index (κ2) is 4.65. The van der Waals surface area contributed by atoms with Crippen molar-refractivity contribution in [1.82, 2.24) is 9.97 Å². The van der Waals surface area contributed by atoms with Crippen molar-refractivity contribution in [3.05, 3.63) is 47.2 Å². The summed E-state index contributed by atoms with van der Waals surface area (Å²) in [6.45, 7) is 0.435. The van der Waals surface area contributed by atoms with Gasteiger partial charge in [0.05, 0.1) is 15.9 Å². The van der Waals surface area contributed by atoms with E-state index >= 15 is 0 Å². The Morgan fingerprint density at radius 1 is 1.22 bits per heavy atom. The van der Waals surface area contributed by atoms with Crippen molar-refractivity contribution in [1.29, 1.82) is 0 Å². The van der Waals surface area contributed by atoms with Crippen LogP contribution >= 0.6 is 22.9 Å². The van der Waals surface area contributed by atoms with E-state index in [1.807, 2.05) is 30.3 Å².